The first-order chi connectivity index (χ1) is 14.1. The Morgan fingerprint density at radius 3 is 2.37 bits per heavy atom. The fourth-order valence-corrected chi connectivity index (χ4v) is 2.58. The van der Waals surface area contributed by atoms with Crippen molar-refractivity contribution in [2.24, 2.45) is 0 Å². The minimum atomic E-state index is -2.57. The van der Waals surface area contributed by atoms with E-state index < -0.39 is 24.0 Å². The Labute approximate surface area is 173 Å². The molecule has 0 fully saturated rings. The summed E-state index contributed by atoms with van der Waals surface area (Å²) in [4.78, 5) is 25.7. The van der Waals surface area contributed by atoms with Gasteiger partial charge in [0, 0.05) is 29.1 Å². The predicted octanol–water partition coefficient (Wildman–Crippen LogP) is 4.03. The zero-order valence-electron chi connectivity index (χ0n) is 16.8. The molecule has 2 aromatic heterocycles. The monoisotopic (exact) mass is 412 g/mol. The minimum Gasteiger partial charge on any atom is -0.388 e. The summed E-state index contributed by atoms with van der Waals surface area (Å²) in [6.45, 7) is 4.87. The number of carbonyl (C=O) groups is 1. The van der Waals surface area contributed by atoms with E-state index in [4.69, 9.17) is 0 Å². The summed E-state index contributed by atoms with van der Waals surface area (Å²) in [5, 5.41) is 12.8. The van der Waals surface area contributed by atoms with Crippen LogP contribution in [0.25, 0.3) is 22.6 Å². The van der Waals surface area contributed by atoms with E-state index in [0.29, 0.717) is 16.8 Å². The zero-order valence-corrected chi connectivity index (χ0v) is 16.8. The molecule has 6 nitrogen and oxygen atoms in total. The summed E-state index contributed by atoms with van der Waals surface area (Å²) in [5.74, 6) is -0.206. The van der Waals surface area contributed by atoms with E-state index in [2.05, 4.69) is 20.3 Å². The lowest BCUT2D eigenvalue weighted by molar-refractivity contribution is 0.0407. The molecule has 0 aliphatic carbocycles. The van der Waals surface area contributed by atoms with Gasteiger partial charge in [-0.05, 0) is 39.0 Å². The largest absolute Gasteiger partial charge is 0.388 e. The summed E-state index contributed by atoms with van der Waals surface area (Å²) in [6, 6.07) is 10.1. The molecule has 0 aliphatic rings. The SMILES string of the molecule is C[C@H](NC(=O)c1cc(-c2ccc(C(F)F)cc2)nc(-c2cccnc2)n1)C(C)(C)O. The highest BCUT2D eigenvalue weighted by atomic mass is 19.3. The Balaban J connectivity index is 2.04. The third kappa shape index (κ3) is 5.01. The highest BCUT2D eigenvalue weighted by Crippen LogP contribution is 2.25. The van der Waals surface area contributed by atoms with Crippen LogP contribution in [0.4, 0.5) is 8.78 Å². The van der Waals surface area contributed by atoms with Crippen LogP contribution in [0.15, 0.2) is 54.9 Å². The molecular formula is C22H22F2N4O2. The summed E-state index contributed by atoms with van der Waals surface area (Å²) in [5.41, 5.74) is 0.448. The third-order valence-electron chi connectivity index (χ3n) is 4.74. The van der Waals surface area contributed by atoms with Crippen LogP contribution in [0.1, 0.15) is 43.2 Å². The van der Waals surface area contributed by atoms with E-state index in [1.54, 1.807) is 45.3 Å². The van der Waals surface area contributed by atoms with Crippen LogP contribution in [0.5, 0.6) is 0 Å². The second-order valence-corrected chi connectivity index (χ2v) is 7.48. The van der Waals surface area contributed by atoms with Crippen molar-refractivity contribution in [3.63, 3.8) is 0 Å². The van der Waals surface area contributed by atoms with Crippen LogP contribution in [0, 0.1) is 0 Å². The first kappa shape index (κ1) is 21.4. The Bertz CT molecular complexity index is 1020. The number of hydrogen-bond donors (Lipinski definition) is 2. The van der Waals surface area contributed by atoms with E-state index in [1.807, 2.05) is 0 Å². The molecule has 0 radical (unpaired) electrons. The van der Waals surface area contributed by atoms with Gasteiger partial charge < -0.3 is 10.4 Å². The number of nitrogens with one attached hydrogen (secondary N) is 1. The number of aromatic nitrogens is 3. The van der Waals surface area contributed by atoms with Gasteiger partial charge in [0.1, 0.15) is 5.69 Å². The smallest absolute Gasteiger partial charge is 0.270 e. The predicted molar refractivity (Wildman–Crippen MR) is 109 cm³/mol. The second kappa shape index (κ2) is 8.62. The van der Waals surface area contributed by atoms with Crippen molar-refractivity contribution in [1.29, 1.82) is 0 Å². The van der Waals surface area contributed by atoms with E-state index in [0.717, 1.165) is 0 Å². The Morgan fingerprint density at radius 1 is 1.10 bits per heavy atom. The number of benzene rings is 1. The zero-order chi connectivity index (χ0) is 21.9. The van der Waals surface area contributed by atoms with Crippen molar-refractivity contribution in [3.8, 4) is 22.6 Å². The summed E-state index contributed by atoms with van der Waals surface area (Å²) in [7, 11) is 0. The number of amides is 1. The maximum atomic E-state index is 12.9. The average Bonchev–Trinajstić information content (AvgIpc) is 2.73. The molecule has 3 rings (SSSR count). The lowest BCUT2D eigenvalue weighted by Crippen LogP contribution is -2.47. The highest BCUT2D eigenvalue weighted by Gasteiger charge is 2.25. The van der Waals surface area contributed by atoms with Gasteiger partial charge in [0.15, 0.2) is 5.82 Å². The van der Waals surface area contributed by atoms with E-state index in [9.17, 15) is 18.7 Å². The van der Waals surface area contributed by atoms with Crippen molar-refractivity contribution in [2.45, 2.75) is 38.8 Å². The number of pyridine rings is 1. The molecule has 1 aromatic carbocycles. The molecule has 2 N–H and O–H groups in total. The molecule has 0 saturated carbocycles. The Hall–Kier alpha value is -3.26. The molecule has 3 aromatic rings. The van der Waals surface area contributed by atoms with Crippen molar-refractivity contribution >= 4 is 5.91 Å². The molecule has 0 unspecified atom stereocenters. The lowest BCUT2D eigenvalue weighted by atomic mass is 10.0. The molecule has 2 heterocycles. The van der Waals surface area contributed by atoms with Gasteiger partial charge in [0.2, 0.25) is 0 Å². The number of rotatable bonds is 6. The quantitative estimate of drug-likeness (QED) is 0.638. The van der Waals surface area contributed by atoms with Gasteiger partial charge in [-0.2, -0.15) is 0 Å². The standard InChI is InChI=1S/C22H22F2N4O2/c1-13(22(2,3)30)26-21(29)18-11-17(14-6-8-15(9-7-14)19(23)24)27-20(28-18)16-5-4-10-25-12-16/h4-13,19,30H,1-3H3,(H,26,29)/t13-/m0/s1. The molecule has 0 bridgehead atoms. The van der Waals surface area contributed by atoms with Gasteiger partial charge >= 0.3 is 0 Å². The maximum absolute atomic E-state index is 12.9. The first-order valence-electron chi connectivity index (χ1n) is 9.36. The summed E-state index contributed by atoms with van der Waals surface area (Å²) < 4.78 is 25.7. The molecule has 0 saturated heterocycles. The molecule has 1 amide bonds. The van der Waals surface area contributed by atoms with Crippen LogP contribution in [-0.4, -0.2) is 37.6 Å². The third-order valence-corrected chi connectivity index (χ3v) is 4.74. The number of hydrogen-bond acceptors (Lipinski definition) is 5. The van der Waals surface area contributed by atoms with E-state index >= 15 is 0 Å². The molecule has 0 spiro atoms. The van der Waals surface area contributed by atoms with Gasteiger partial charge in [-0.15, -0.1) is 0 Å². The van der Waals surface area contributed by atoms with Crippen molar-refractivity contribution in [2.75, 3.05) is 0 Å². The molecule has 0 aliphatic heterocycles. The van der Waals surface area contributed by atoms with Crippen molar-refractivity contribution < 1.29 is 18.7 Å². The molecule has 1 atom stereocenters. The first-order valence-corrected chi connectivity index (χ1v) is 9.36. The van der Waals surface area contributed by atoms with Gasteiger partial charge in [0.25, 0.3) is 12.3 Å². The summed E-state index contributed by atoms with van der Waals surface area (Å²) >= 11 is 0. The van der Waals surface area contributed by atoms with E-state index in [1.165, 1.54) is 30.3 Å². The van der Waals surface area contributed by atoms with Crippen LogP contribution in [0.2, 0.25) is 0 Å². The molecular weight excluding hydrogens is 390 g/mol. The normalized spacial score (nSPS) is 12.6. The van der Waals surface area contributed by atoms with Gasteiger partial charge in [-0.1, -0.05) is 24.3 Å². The number of aliphatic hydroxyl groups is 1. The fraction of sp³-hybridized carbons (Fsp3) is 0.273. The molecule has 8 heteroatoms. The topological polar surface area (TPSA) is 88.0 Å². The van der Waals surface area contributed by atoms with Crippen LogP contribution in [-0.2, 0) is 0 Å². The number of carbonyl (C=O) groups excluding carboxylic acids is 1. The van der Waals surface area contributed by atoms with Crippen LogP contribution < -0.4 is 5.32 Å². The van der Waals surface area contributed by atoms with Crippen LogP contribution >= 0.6 is 0 Å². The van der Waals surface area contributed by atoms with Crippen molar-refractivity contribution in [3.05, 3.63) is 66.1 Å². The Kier molecular flexibility index (Phi) is 6.17. The van der Waals surface area contributed by atoms with Crippen molar-refractivity contribution in [1.82, 2.24) is 20.3 Å². The maximum Gasteiger partial charge on any atom is 0.270 e. The number of alkyl halides is 2. The van der Waals surface area contributed by atoms with Gasteiger partial charge in [0.05, 0.1) is 17.3 Å². The summed E-state index contributed by atoms with van der Waals surface area (Å²) in [6.07, 6.45) is 0.606. The number of nitrogens with zero attached hydrogens (tertiary/aromatic N) is 3. The fourth-order valence-electron chi connectivity index (χ4n) is 2.58. The number of halogens is 2. The van der Waals surface area contributed by atoms with Gasteiger partial charge in [-0.3, -0.25) is 9.78 Å². The lowest BCUT2D eigenvalue weighted by Gasteiger charge is -2.26. The second-order valence-electron chi connectivity index (χ2n) is 7.48. The average molecular weight is 412 g/mol. The Morgan fingerprint density at radius 2 is 1.80 bits per heavy atom. The van der Waals surface area contributed by atoms with E-state index in [-0.39, 0.29) is 17.1 Å². The highest BCUT2D eigenvalue weighted by molar-refractivity contribution is 5.94. The molecule has 156 valence electrons. The molecule has 30 heavy (non-hydrogen) atoms. The minimum absolute atomic E-state index is 0.0906. The van der Waals surface area contributed by atoms with Crippen LogP contribution in [0.3, 0.4) is 0 Å². The van der Waals surface area contributed by atoms with Gasteiger partial charge in [-0.25, -0.2) is 18.7 Å².